The van der Waals surface area contributed by atoms with Gasteiger partial charge in [-0.1, -0.05) is 35.0 Å². The van der Waals surface area contributed by atoms with Crippen molar-refractivity contribution in [1.82, 2.24) is 9.97 Å². The molecule has 1 aromatic heterocycles. The fourth-order valence-corrected chi connectivity index (χ4v) is 1.90. The number of imidazole rings is 1. The molecule has 0 radical (unpaired) electrons. The Balaban J connectivity index is 2.31. The largest absolute Gasteiger partial charge is 0.342 e. The zero-order valence-electron chi connectivity index (χ0n) is 9.07. The van der Waals surface area contributed by atoms with Crippen LogP contribution in [-0.4, -0.2) is 16.5 Å². The number of benzene rings is 1. The Kier molecular flexibility index (Phi) is 3.41. The van der Waals surface area contributed by atoms with Crippen LogP contribution in [0.1, 0.15) is 18.7 Å². The number of aromatic amines is 1. The number of hydrogen-bond acceptors (Lipinski definition) is 2. The fourth-order valence-electron chi connectivity index (χ4n) is 1.50. The van der Waals surface area contributed by atoms with Crippen LogP contribution in [-0.2, 0) is 0 Å². The maximum atomic E-state index is 5.61. The number of aromatic nitrogens is 2. The first kappa shape index (κ1) is 11.4. The molecule has 0 saturated carbocycles. The van der Waals surface area contributed by atoms with E-state index < -0.39 is 0 Å². The van der Waals surface area contributed by atoms with Crippen molar-refractivity contribution in [2.24, 2.45) is 5.73 Å². The van der Waals surface area contributed by atoms with Crippen molar-refractivity contribution in [1.29, 1.82) is 0 Å². The highest BCUT2D eigenvalue weighted by Gasteiger charge is 2.08. The van der Waals surface area contributed by atoms with Gasteiger partial charge in [-0.2, -0.15) is 0 Å². The first-order valence-corrected chi connectivity index (χ1v) is 6.01. The molecule has 0 spiro atoms. The highest BCUT2D eigenvalue weighted by atomic mass is 79.9. The molecule has 1 aromatic carbocycles. The number of rotatable bonds is 3. The van der Waals surface area contributed by atoms with E-state index in [1.807, 2.05) is 18.3 Å². The minimum Gasteiger partial charge on any atom is -0.342 e. The van der Waals surface area contributed by atoms with Crippen LogP contribution in [0.4, 0.5) is 0 Å². The van der Waals surface area contributed by atoms with Crippen molar-refractivity contribution in [3.05, 3.63) is 40.8 Å². The predicted octanol–water partition coefficient (Wildman–Crippen LogP) is 2.90. The standard InChI is InChI=1S/C12H14BrN3/c1-8(6-14)12-15-7-11(16-12)9-3-2-4-10(13)5-9/h2-5,7-8H,6,14H2,1H3,(H,15,16). The van der Waals surface area contributed by atoms with Gasteiger partial charge in [-0.25, -0.2) is 4.98 Å². The smallest absolute Gasteiger partial charge is 0.110 e. The average molecular weight is 280 g/mol. The van der Waals surface area contributed by atoms with Crippen molar-refractivity contribution in [3.8, 4) is 11.3 Å². The highest BCUT2D eigenvalue weighted by molar-refractivity contribution is 9.10. The van der Waals surface area contributed by atoms with Crippen LogP contribution in [0, 0.1) is 0 Å². The topological polar surface area (TPSA) is 54.7 Å². The SMILES string of the molecule is CC(CN)c1ncc(-c2cccc(Br)c2)[nH]1. The lowest BCUT2D eigenvalue weighted by Gasteiger charge is -2.03. The monoisotopic (exact) mass is 279 g/mol. The van der Waals surface area contributed by atoms with E-state index in [0.717, 1.165) is 21.6 Å². The summed E-state index contributed by atoms with van der Waals surface area (Å²) in [5.41, 5.74) is 7.76. The Morgan fingerprint density at radius 1 is 1.50 bits per heavy atom. The maximum Gasteiger partial charge on any atom is 0.110 e. The zero-order chi connectivity index (χ0) is 11.5. The summed E-state index contributed by atoms with van der Waals surface area (Å²) in [6, 6.07) is 8.12. The van der Waals surface area contributed by atoms with E-state index in [4.69, 9.17) is 5.73 Å². The quantitative estimate of drug-likeness (QED) is 0.908. The molecular formula is C12H14BrN3. The Hall–Kier alpha value is -1.13. The number of hydrogen-bond donors (Lipinski definition) is 2. The molecule has 2 rings (SSSR count). The molecule has 0 fully saturated rings. The zero-order valence-corrected chi connectivity index (χ0v) is 10.7. The van der Waals surface area contributed by atoms with Crippen molar-refractivity contribution in [2.75, 3.05) is 6.54 Å². The lowest BCUT2D eigenvalue weighted by atomic mass is 10.1. The van der Waals surface area contributed by atoms with Crippen molar-refractivity contribution >= 4 is 15.9 Å². The second-order valence-corrected chi connectivity index (χ2v) is 4.74. The van der Waals surface area contributed by atoms with Gasteiger partial charge in [0.2, 0.25) is 0 Å². The molecule has 84 valence electrons. The molecule has 4 heteroatoms. The van der Waals surface area contributed by atoms with Crippen LogP contribution in [0.2, 0.25) is 0 Å². The van der Waals surface area contributed by atoms with Crippen LogP contribution >= 0.6 is 15.9 Å². The van der Waals surface area contributed by atoms with Gasteiger partial charge in [0.05, 0.1) is 11.9 Å². The molecule has 1 atom stereocenters. The summed E-state index contributed by atoms with van der Waals surface area (Å²) >= 11 is 3.45. The summed E-state index contributed by atoms with van der Waals surface area (Å²) in [4.78, 5) is 7.64. The number of nitrogens with zero attached hydrogens (tertiary/aromatic N) is 1. The molecule has 0 aliphatic rings. The second-order valence-electron chi connectivity index (χ2n) is 3.83. The van der Waals surface area contributed by atoms with E-state index >= 15 is 0 Å². The molecule has 0 aliphatic heterocycles. The molecule has 3 nitrogen and oxygen atoms in total. The van der Waals surface area contributed by atoms with Crippen LogP contribution in [0.5, 0.6) is 0 Å². The lowest BCUT2D eigenvalue weighted by molar-refractivity contribution is 0.725. The molecule has 2 aromatic rings. The molecule has 16 heavy (non-hydrogen) atoms. The Morgan fingerprint density at radius 2 is 2.31 bits per heavy atom. The van der Waals surface area contributed by atoms with Gasteiger partial charge in [-0.05, 0) is 12.1 Å². The van der Waals surface area contributed by atoms with Gasteiger partial charge in [-0.3, -0.25) is 0 Å². The first-order chi connectivity index (χ1) is 7.70. The van der Waals surface area contributed by atoms with Gasteiger partial charge in [0.25, 0.3) is 0 Å². The fraction of sp³-hybridized carbons (Fsp3) is 0.250. The van der Waals surface area contributed by atoms with Gasteiger partial charge in [0, 0.05) is 22.5 Å². The van der Waals surface area contributed by atoms with Gasteiger partial charge >= 0.3 is 0 Å². The highest BCUT2D eigenvalue weighted by Crippen LogP contribution is 2.22. The van der Waals surface area contributed by atoms with Gasteiger partial charge in [-0.15, -0.1) is 0 Å². The predicted molar refractivity (Wildman–Crippen MR) is 69.2 cm³/mol. The molecule has 1 unspecified atom stereocenters. The van der Waals surface area contributed by atoms with Crippen molar-refractivity contribution in [2.45, 2.75) is 12.8 Å². The van der Waals surface area contributed by atoms with Crippen LogP contribution in [0.15, 0.2) is 34.9 Å². The van der Waals surface area contributed by atoms with Gasteiger partial charge in [0.15, 0.2) is 0 Å². The molecule has 1 heterocycles. The third kappa shape index (κ3) is 2.33. The molecule has 3 N–H and O–H groups in total. The van der Waals surface area contributed by atoms with E-state index in [0.29, 0.717) is 6.54 Å². The summed E-state index contributed by atoms with van der Waals surface area (Å²) in [7, 11) is 0. The number of nitrogens with two attached hydrogens (primary N) is 1. The average Bonchev–Trinajstić information content (AvgIpc) is 2.77. The Bertz CT molecular complexity index is 479. The number of H-pyrrole nitrogens is 1. The minimum atomic E-state index is 0.265. The summed E-state index contributed by atoms with van der Waals surface area (Å²) < 4.78 is 1.06. The van der Waals surface area contributed by atoms with E-state index in [9.17, 15) is 0 Å². The third-order valence-electron chi connectivity index (χ3n) is 2.55. The van der Waals surface area contributed by atoms with Gasteiger partial charge < -0.3 is 10.7 Å². The normalized spacial score (nSPS) is 12.7. The van der Waals surface area contributed by atoms with Gasteiger partial charge in [0.1, 0.15) is 5.82 Å². The molecule has 0 saturated heterocycles. The maximum absolute atomic E-state index is 5.61. The van der Waals surface area contributed by atoms with Crippen molar-refractivity contribution < 1.29 is 0 Å². The lowest BCUT2D eigenvalue weighted by Crippen LogP contribution is -2.10. The first-order valence-electron chi connectivity index (χ1n) is 5.21. The second kappa shape index (κ2) is 4.80. The number of nitrogens with one attached hydrogen (secondary N) is 1. The molecule has 0 amide bonds. The van der Waals surface area contributed by atoms with Crippen molar-refractivity contribution in [3.63, 3.8) is 0 Å². The van der Waals surface area contributed by atoms with E-state index in [1.54, 1.807) is 0 Å². The summed E-state index contributed by atoms with van der Waals surface area (Å²) in [5.74, 6) is 1.21. The summed E-state index contributed by atoms with van der Waals surface area (Å²) in [6.45, 7) is 2.66. The third-order valence-corrected chi connectivity index (χ3v) is 3.04. The van der Waals surface area contributed by atoms with Crippen LogP contribution in [0.25, 0.3) is 11.3 Å². The summed E-state index contributed by atoms with van der Waals surface area (Å²) in [5, 5.41) is 0. The Labute approximate surface area is 103 Å². The number of halogens is 1. The molecule has 0 bridgehead atoms. The van der Waals surface area contributed by atoms with Crippen LogP contribution in [0.3, 0.4) is 0 Å². The molecular weight excluding hydrogens is 266 g/mol. The van der Waals surface area contributed by atoms with E-state index in [2.05, 4.69) is 45.0 Å². The summed E-state index contributed by atoms with van der Waals surface area (Å²) in [6.07, 6.45) is 1.85. The molecule has 0 aliphatic carbocycles. The Morgan fingerprint density at radius 3 is 3.00 bits per heavy atom. The minimum absolute atomic E-state index is 0.265. The van der Waals surface area contributed by atoms with E-state index in [-0.39, 0.29) is 5.92 Å². The van der Waals surface area contributed by atoms with Crippen LogP contribution < -0.4 is 5.73 Å². The van der Waals surface area contributed by atoms with E-state index in [1.165, 1.54) is 0 Å².